The van der Waals surface area contributed by atoms with Gasteiger partial charge in [-0.3, -0.25) is 9.59 Å². The lowest BCUT2D eigenvalue weighted by atomic mass is 10.1. The van der Waals surface area contributed by atoms with Crippen LogP contribution in [0.3, 0.4) is 0 Å². The first kappa shape index (κ1) is 14.9. The van der Waals surface area contributed by atoms with Crippen LogP contribution in [0.5, 0.6) is 11.5 Å². The third-order valence-electron chi connectivity index (χ3n) is 3.74. The van der Waals surface area contributed by atoms with Gasteiger partial charge in [-0.1, -0.05) is 0 Å². The molecule has 1 fully saturated rings. The first-order valence-corrected chi connectivity index (χ1v) is 7.19. The summed E-state index contributed by atoms with van der Waals surface area (Å²) in [5.74, 6) is -0.475. The van der Waals surface area contributed by atoms with Crippen LogP contribution in [0.15, 0.2) is 48.5 Å². The van der Waals surface area contributed by atoms with E-state index >= 15 is 0 Å². The largest absolute Gasteiger partial charge is 0.481 e. The minimum Gasteiger partial charge on any atom is -0.481 e. The molecular weight excluding hydrogens is 296 g/mol. The van der Waals surface area contributed by atoms with E-state index in [2.05, 4.69) is 0 Å². The van der Waals surface area contributed by atoms with Gasteiger partial charge in [-0.05, 0) is 48.5 Å². The molecule has 2 aromatic rings. The van der Waals surface area contributed by atoms with Crippen molar-refractivity contribution in [2.45, 2.75) is 6.42 Å². The summed E-state index contributed by atoms with van der Waals surface area (Å²) in [5, 5.41) is 9.02. The molecule has 1 aliphatic rings. The number of hydrogen-bond acceptors (Lipinski definition) is 4. The molecule has 6 heteroatoms. The standard InChI is InChI=1S/C17H16N2O4/c18-12-1-5-14(6-2-12)23-15-7-3-13(4-8-15)19-10-11(17(21)22)9-16(19)20/h1-8,11H,9-10,18H2,(H,21,22). The Morgan fingerprint density at radius 3 is 2.17 bits per heavy atom. The van der Waals surface area contributed by atoms with E-state index in [4.69, 9.17) is 15.6 Å². The number of nitrogen functional groups attached to an aromatic ring is 1. The third kappa shape index (κ3) is 3.26. The fourth-order valence-corrected chi connectivity index (χ4v) is 2.49. The van der Waals surface area contributed by atoms with Crippen molar-refractivity contribution in [3.63, 3.8) is 0 Å². The number of aliphatic carboxylic acids is 1. The summed E-state index contributed by atoms with van der Waals surface area (Å²) >= 11 is 0. The molecule has 3 rings (SSSR count). The zero-order valence-corrected chi connectivity index (χ0v) is 12.3. The van der Waals surface area contributed by atoms with Gasteiger partial charge in [0.15, 0.2) is 0 Å². The smallest absolute Gasteiger partial charge is 0.308 e. The number of nitrogens with two attached hydrogens (primary N) is 1. The molecule has 0 aliphatic carbocycles. The molecule has 1 atom stereocenters. The summed E-state index contributed by atoms with van der Waals surface area (Å²) in [6.45, 7) is 0.201. The van der Waals surface area contributed by atoms with Crippen LogP contribution in [-0.4, -0.2) is 23.5 Å². The molecule has 0 bridgehead atoms. The average molecular weight is 312 g/mol. The Kier molecular flexibility index (Phi) is 3.89. The number of carboxylic acid groups (broad SMARTS) is 1. The average Bonchev–Trinajstić information content (AvgIpc) is 2.93. The van der Waals surface area contributed by atoms with Crippen LogP contribution in [-0.2, 0) is 9.59 Å². The maximum absolute atomic E-state index is 11.9. The van der Waals surface area contributed by atoms with Crippen molar-refractivity contribution in [3.05, 3.63) is 48.5 Å². The van der Waals surface area contributed by atoms with Crippen LogP contribution >= 0.6 is 0 Å². The van der Waals surface area contributed by atoms with E-state index in [0.717, 1.165) is 0 Å². The lowest BCUT2D eigenvalue weighted by molar-refractivity contribution is -0.141. The van der Waals surface area contributed by atoms with Gasteiger partial charge in [0.05, 0.1) is 5.92 Å². The third-order valence-corrected chi connectivity index (χ3v) is 3.74. The Hall–Kier alpha value is -3.02. The van der Waals surface area contributed by atoms with E-state index in [1.165, 1.54) is 4.90 Å². The summed E-state index contributed by atoms with van der Waals surface area (Å²) in [7, 11) is 0. The van der Waals surface area contributed by atoms with Crippen molar-refractivity contribution in [1.29, 1.82) is 0 Å². The predicted octanol–water partition coefficient (Wildman–Crippen LogP) is 2.50. The Balaban J connectivity index is 1.71. The number of carbonyl (C=O) groups is 2. The Labute approximate surface area is 133 Å². The molecule has 0 saturated carbocycles. The van der Waals surface area contributed by atoms with Crippen molar-refractivity contribution in [3.8, 4) is 11.5 Å². The highest BCUT2D eigenvalue weighted by atomic mass is 16.5. The number of amides is 1. The van der Waals surface area contributed by atoms with Crippen LogP contribution in [0.1, 0.15) is 6.42 Å². The number of nitrogens with zero attached hydrogens (tertiary/aromatic N) is 1. The minimum absolute atomic E-state index is 0.0407. The first-order valence-electron chi connectivity index (χ1n) is 7.19. The van der Waals surface area contributed by atoms with E-state index in [9.17, 15) is 9.59 Å². The first-order chi connectivity index (χ1) is 11.0. The molecule has 0 aromatic heterocycles. The van der Waals surface area contributed by atoms with Gasteiger partial charge in [-0.25, -0.2) is 0 Å². The van der Waals surface area contributed by atoms with Gasteiger partial charge in [0.2, 0.25) is 5.91 Å². The van der Waals surface area contributed by atoms with Crippen molar-refractivity contribution < 1.29 is 19.4 Å². The second kappa shape index (κ2) is 6.00. The Morgan fingerprint density at radius 2 is 1.65 bits per heavy atom. The van der Waals surface area contributed by atoms with Crippen LogP contribution in [0, 0.1) is 5.92 Å². The molecule has 1 unspecified atom stereocenters. The number of anilines is 2. The van der Waals surface area contributed by atoms with Gasteiger partial charge in [0.1, 0.15) is 11.5 Å². The second-order valence-corrected chi connectivity index (χ2v) is 5.41. The number of ether oxygens (including phenoxy) is 1. The highest BCUT2D eigenvalue weighted by Gasteiger charge is 2.34. The maximum Gasteiger partial charge on any atom is 0.308 e. The van der Waals surface area contributed by atoms with Gasteiger partial charge in [-0.2, -0.15) is 0 Å². The van der Waals surface area contributed by atoms with Crippen LogP contribution in [0.4, 0.5) is 11.4 Å². The molecular formula is C17H16N2O4. The van der Waals surface area contributed by atoms with Crippen molar-refractivity contribution >= 4 is 23.3 Å². The van der Waals surface area contributed by atoms with Gasteiger partial charge in [-0.15, -0.1) is 0 Å². The molecule has 118 valence electrons. The summed E-state index contributed by atoms with van der Waals surface area (Å²) < 4.78 is 5.68. The van der Waals surface area contributed by atoms with Crippen molar-refractivity contribution in [2.24, 2.45) is 5.92 Å². The molecule has 1 heterocycles. The quantitative estimate of drug-likeness (QED) is 0.846. The van der Waals surface area contributed by atoms with Gasteiger partial charge in [0.25, 0.3) is 0 Å². The molecule has 1 amide bonds. The van der Waals surface area contributed by atoms with E-state index in [1.807, 2.05) is 0 Å². The predicted molar refractivity (Wildman–Crippen MR) is 85.5 cm³/mol. The van der Waals surface area contributed by atoms with Crippen LogP contribution < -0.4 is 15.4 Å². The lowest BCUT2D eigenvalue weighted by Crippen LogP contribution is -2.25. The number of benzene rings is 2. The summed E-state index contributed by atoms with van der Waals surface area (Å²) in [4.78, 5) is 24.4. The van der Waals surface area contributed by atoms with Gasteiger partial charge >= 0.3 is 5.97 Å². The van der Waals surface area contributed by atoms with Gasteiger partial charge < -0.3 is 20.5 Å². The zero-order valence-electron chi connectivity index (χ0n) is 12.3. The fourth-order valence-electron chi connectivity index (χ4n) is 2.49. The molecule has 3 N–H and O–H groups in total. The van der Waals surface area contributed by atoms with E-state index in [-0.39, 0.29) is 18.9 Å². The van der Waals surface area contributed by atoms with Crippen molar-refractivity contribution in [1.82, 2.24) is 0 Å². The maximum atomic E-state index is 11.9. The normalized spacial score (nSPS) is 17.3. The fraction of sp³-hybridized carbons (Fsp3) is 0.176. The second-order valence-electron chi connectivity index (χ2n) is 5.41. The molecule has 0 spiro atoms. The molecule has 23 heavy (non-hydrogen) atoms. The number of rotatable bonds is 4. The number of carboxylic acids is 1. The molecule has 1 aliphatic heterocycles. The lowest BCUT2D eigenvalue weighted by Gasteiger charge is -2.16. The Morgan fingerprint density at radius 1 is 1.09 bits per heavy atom. The molecule has 6 nitrogen and oxygen atoms in total. The SMILES string of the molecule is Nc1ccc(Oc2ccc(N3CC(C(=O)O)CC3=O)cc2)cc1. The van der Waals surface area contributed by atoms with E-state index < -0.39 is 11.9 Å². The van der Waals surface area contributed by atoms with Crippen LogP contribution in [0.2, 0.25) is 0 Å². The molecule has 1 saturated heterocycles. The number of hydrogen-bond donors (Lipinski definition) is 2. The topological polar surface area (TPSA) is 92.9 Å². The summed E-state index contributed by atoms with van der Waals surface area (Å²) in [5.41, 5.74) is 6.95. The Bertz CT molecular complexity index is 725. The highest BCUT2D eigenvalue weighted by Crippen LogP contribution is 2.28. The van der Waals surface area contributed by atoms with E-state index in [1.54, 1.807) is 48.5 Å². The number of carbonyl (C=O) groups excluding carboxylic acids is 1. The minimum atomic E-state index is -0.941. The van der Waals surface area contributed by atoms with Crippen molar-refractivity contribution in [2.75, 3.05) is 17.2 Å². The molecule has 2 aromatic carbocycles. The molecule has 0 radical (unpaired) electrons. The van der Waals surface area contributed by atoms with Gasteiger partial charge in [0, 0.05) is 24.3 Å². The monoisotopic (exact) mass is 312 g/mol. The summed E-state index contributed by atoms with van der Waals surface area (Å²) in [6, 6.07) is 14.0. The van der Waals surface area contributed by atoms with E-state index in [0.29, 0.717) is 22.9 Å². The zero-order chi connectivity index (χ0) is 16.4. The van der Waals surface area contributed by atoms with Crippen LogP contribution in [0.25, 0.3) is 0 Å². The summed E-state index contributed by atoms with van der Waals surface area (Å²) in [6.07, 6.45) is 0.0407. The highest BCUT2D eigenvalue weighted by molar-refractivity contribution is 5.99.